The largest absolute Gasteiger partial charge is 0.309 e. The second-order valence-corrected chi connectivity index (χ2v) is 8.44. The molecule has 146 valence electrons. The number of imidazole rings is 1. The molecule has 0 spiro atoms. The summed E-state index contributed by atoms with van der Waals surface area (Å²) < 4.78 is 2.48. The van der Waals surface area contributed by atoms with E-state index in [4.69, 9.17) is 9.97 Å². The first-order valence-corrected chi connectivity index (χ1v) is 11.0. The monoisotopic (exact) mass is 374 g/mol. The molecule has 1 saturated heterocycles. The zero-order valence-corrected chi connectivity index (χ0v) is 16.6. The SMILES string of the molecule is c1ccc(CCc2nc3cccnc3n2C2CCN(C3CCCC3)CC2)cc1. The summed E-state index contributed by atoms with van der Waals surface area (Å²) in [6, 6.07) is 16.2. The van der Waals surface area contributed by atoms with E-state index in [1.165, 1.54) is 63.0 Å². The lowest BCUT2D eigenvalue weighted by molar-refractivity contribution is 0.136. The Morgan fingerprint density at radius 1 is 0.821 bits per heavy atom. The number of benzene rings is 1. The number of aryl methyl sites for hydroxylation is 2. The van der Waals surface area contributed by atoms with Gasteiger partial charge in [0.05, 0.1) is 0 Å². The van der Waals surface area contributed by atoms with Gasteiger partial charge in [-0.05, 0) is 49.8 Å². The summed E-state index contributed by atoms with van der Waals surface area (Å²) >= 11 is 0. The average Bonchev–Trinajstić information content (AvgIpc) is 3.41. The van der Waals surface area contributed by atoms with Gasteiger partial charge >= 0.3 is 0 Å². The van der Waals surface area contributed by atoms with Crippen molar-refractivity contribution in [2.24, 2.45) is 0 Å². The average molecular weight is 375 g/mol. The molecular weight excluding hydrogens is 344 g/mol. The molecule has 1 aromatic carbocycles. The summed E-state index contributed by atoms with van der Waals surface area (Å²) in [5.41, 5.74) is 3.50. The van der Waals surface area contributed by atoms with E-state index in [9.17, 15) is 0 Å². The van der Waals surface area contributed by atoms with Crippen LogP contribution in [0.5, 0.6) is 0 Å². The predicted octanol–water partition coefficient (Wildman–Crippen LogP) is 4.80. The first-order valence-electron chi connectivity index (χ1n) is 11.0. The quantitative estimate of drug-likeness (QED) is 0.643. The van der Waals surface area contributed by atoms with Gasteiger partial charge in [-0.1, -0.05) is 43.2 Å². The fourth-order valence-electron chi connectivity index (χ4n) is 5.22. The minimum Gasteiger partial charge on any atom is -0.309 e. The minimum absolute atomic E-state index is 0.531. The summed E-state index contributed by atoms with van der Waals surface area (Å²) in [5, 5.41) is 0. The van der Waals surface area contributed by atoms with E-state index in [0.717, 1.165) is 30.0 Å². The summed E-state index contributed by atoms with van der Waals surface area (Å²) in [6.45, 7) is 2.44. The molecule has 0 N–H and O–H groups in total. The van der Waals surface area contributed by atoms with Crippen LogP contribution in [0.3, 0.4) is 0 Å². The van der Waals surface area contributed by atoms with E-state index >= 15 is 0 Å². The predicted molar refractivity (Wildman–Crippen MR) is 113 cm³/mol. The fourth-order valence-corrected chi connectivity index (χ4v) is 5.22. The van der Waals surface area contributed by atoms with Crippen LogP contribution in [0.15, 0.2) is 48.7 Å². The van der Waals surface area contributed by atoms with Crippen LogP contribution < -0.4 is 0 Å². The van der Waals surface area contributed by atoms with Crippen LogP contribution in [0.1, 0.15) is 56.0 Å². The number of rotatable bonds is 5. The Morgan fingerprint density at radius 3 is 2.39 bits per heavy atom. The summed E-state index contributed by atoms with van der Waals surface area (Å²) in [6.07, 6.45) is 12.0. The van der Waals surface area contributed by atoms with Gasteiger partial charge in [-0.25, -0.2) is 9.97 Å². The second-order valence-electron chi connectivity index (χ2n) is 8.44. The molecule has 3 aromatic rings. The van der Waals surface area contributed by atoms with Crippen molar-refractivity contribution in [1.82, 2.24) is 19.4 Å². The van der Waals surface area contributed by atoms with Crippen molar-refractivity contribution in [3.63, 3.8) is 0 Å². The molecule has 4 nitrogen and oxygen atoms in total. The molecular formula is C24H30N4. The van der Waals surface area contributed by atoms with Gasteiger partial charge in [-0.3, -0.25) is 0 Å². The normalized spacial score (nSPS) is 19.6. The smallest absolute Gasteiger partial charge is 0.160 e. The van der Waals surface area contributed by atoms with Gasteiger partial charge < -0.3 is 9.47 Å². The number of piperidine rings is 1. The van der Waals surface area contributed by atoms with Crippen molar-refractivity contribution in [3.8, 4) is 0 Å². The van der Waals surface area contributed by atoms with Crippen molar-refractivity contribution < 1.29 is 0 Å². The minimum atomic E-state index is 0.531. The Morgan fingerprint density at radius 2 is 1.61 bits per heavy atom. The Bertz CT molecular complexity index is 903. The topological polar surface area (TPSA) is 34.0 Å². The van der Waals surface area contributed by atoms with Gasteiger partial charge in [0.25, 0.3) is 0 Å². The van der Waals surface area contributed by atoms with Crippen LogP contribution in [-0.4, -0.2) is 38.6 Å². The number of hydrogen-bond donors (Lipinski definition) is 0. The molecule has 0 bridgehead atoms. The third-order valence-corrected chi connectivity index (χ3v) is 6.71. The Hall–Kier alpha value is -2.20. The van der Waals surface area contributed by atoms with Gasteiger partial charge in [-0.15, -0.1) is 0 Å². The molecule has 2 aromatic heterocycles. The lowest BCUT2D eigenvalue weighted by atomic mass is 10.0. The summed E-state index contributed by atoms with van der Waals surface area (Å²) in [4.78, 5) is 12.5. The standard InChI is InChI=1S/C24H30N4/c1-2-7-19(8-3-1)12-13-23-26-22-11-6-16-25-24(22)28(23)21-14-17-27(18-15-21)20-9-4-5-10-20/h1-3,6-8,11,16,20-21H,4-5,9-10,12-15,17-18H2. The first-order chi connectivity index (χ1) is 13.9. The van der Waals surface area contributed by atoms with E-state index in [-0.39, 0.29) is 0 Å². The van der Waals surface area contributed by atoms with Crippen LogP contribution in [0.25, 0.3) is 11.2 Å². The molecule has 2 fully saturated rings. The molecule has 0 amide bonds. The second kappa shape index (κ2) is 8.04. The van der Waals surface area contributed by atoms with E-state index < -0.39 is 0 Å². The summed E-state index contributed by atoms with van der Waals surface area (Å²) in [7, 11) is 0. The molecule has 0 atom stereocenters. The molecule has 28 heavy (non-hydrogen) atoms. The lowest BCUT2D eigenvalue weighted by Crippen LogP contribution is -2.40. The van der Waals surface area contributed by atoms with E-state index in [2.05, 4.69) is 45.9 Å². The third-order valence-electron chi connectivity index (χ3n) is 6.71. The van der Waals surface area contributed by atoms with E-state index in [1.807, 2.05) is 12.3 Å². The van der Waals surface area contributed by atoms with Crippen molar-refractivity contribution >= 4 is 11.2 Å². The number of likely N-dealkylation sites (tertiary alicyclic amines) is 1. The first kappa shape index (κ1) is 17.9. The highest BCUT2D eigenvalue weighted by Crippen LogP contribution is 2.32. The van der Waals surface area contributed by atoms with Crippen LogP contribution in [0, 0.1) is 0 Å². The highest BCUT2D eigenvalue weighted by atomic mass is 15.2. The zero-order valence-electron chi connectivity index (χ0n) is 16.6. The molecule has 1 saturated carbocycles. The molecule has 0 unspecified atom stereocenters. The van der Waals surface area contributed by atoms with Gasteiger partial charge in [0.1, 0.15) is 11.3 Å². The maximum absolute atomic E-state index is 4.99. The van der Waals surface area contributed by atoms with Crippen molar-refractivity contribution in [2.45, 2.75) is 63.5 Å². The fraction of sp³-hybridized carbons (Fsp3) is 0.500. The van der Waals surface area contributed by atoms with Gasteiger partial charge in [0.15, 0.2) is 5.65 Å². The molecule has 5 rings (SSSR count). The number of fused-ring (bicyclic) bond motifs is 1. The molecule has 0 radical (unpaired) electrons. The van der Waals surface area contributed by atoms with Crippen molar-refractivity contribution in [2.75, 3.05) is 13.1 Å². The van der Waals surface area contributed by atoms with Crippen LogP contribution in [0.2, 0.25) is 0 Å². The molecule has 3 heterocycles. The maximum atomic E-state index is 4.99. The van der Waals surface area contributed by atoms with E-state index in [0.29, 0.717) is 6.04 Å². The Kier molecular flexibility index (Phi) is 5.13. The number of pyridine rings is 1. The molecule has 4 heteroatoms. The van der Waals surface area contributed by atoms with Crippen LogP contribution in [0.4, 0.5) is 0 Å². The molecule has 1 aliphatic heterocycles. The van der Waals surface area contributed by atoms with Crippen LogP contribution >= 0.6 is 0 Å². The number of nitrogens with zero attached hydrogens (tertiary/aromatic N) is 4. The third kappa shape index (κ3) is 3.58. The van der Waals surface area contributed by atoms with Gasteiger partial charge in [0.2, 0.25) is 0 Å². The lowest BCUT2D eigenvalue weighted by Gasteiger charge is -2.37. The Balaban J connectivity index is 1.37. The Labute approximate surface area is 167 Å². The van der Waals surface area contributed by atoms with Gasteiger partial charge in [-0.2, -0.15) is 0 Å². The summed E-state index contributed by atoms with van der Waals surface area (Å²) in [5.74, 6) is 1.21. The highest BCUT2D eigenvalue weighted by molar-refractivity contribution is 5.71. The van der Waals surface area contributed by atoms with E-state index in [1.54, 1.807) is 0 Å². The molecule has 1 aliphatic carbocycles. The van der Waals surface area contributed by atoms with Crippen molar-refractivity contribution in [1.29, 1.82) is 0 Å². The number of aromatic nitrogens is 3. The zero-order chi connectivity index (χ0) is 18.8. The van der Waals surface area contributed by atoms with Gasteiger partial charge in [0, 0.05) is 37.8 Å². The van der Waals surface area contributed by atoms with Crippen molar-refractivity contribution in [3.05, 3.63) is 60.0 Å². The molecule has 2 aliphatic rings. The highest BCUT2D eigenvalue weighted by Gasteiger charge is 2.29. The maximum Gasteiger partial charge on any atom is 0.160 e. The van der Waals surface area contributed by atoms with Crippen LogP contribution in [-0.2, 0) is 12.8 Å². The number of hydrogen-bond acceptors (Lipinski definition) is 3.